The first-order chi connectivity index (χ1) is 16.2. The number of benzene rings is 2. The van der Waals surface area contributed by atoms with E-state index in [9.17, 15) is 20.3 Å². The van der Waals surface area contributed by atoms with Crippen LogP contribution >= 0.6 is 11.3 Å². The van der Waals surface area contributed by atoms with Crippen molar-refractivity contribution in [3.05, 3.63) is 62.5 Å². The van der Waals surface area contributed by atoms with E-state index < -0.39 is 10.3 Å². The number of anilines is 1. The van der Waals surface area contributed by atoms with Gasteiger partial charge in [0.25, 0.3) is 0 Å². The summed E-state index contributed by atoms with van der Waals surface area (Å²) in [5.74, 6) is -0.244. The van der Waals surface area contributed by atoms with Gasteiger partial charge in [-0.1, -0.05) is 56.4 Å². The maximum atomic E-state index is 11.7. The number of nitrogens with zero attached hydrogens (tertiary/aromatic N) is 3. The van der Waals surface area contributed by atoms with Crippen LogP contribution < -0.4 is 4.90 Å². The highest BCUT2D eigenvalue weighted by atomic mass is 32.1. The Morgan fingerprint density at radius 1 is 1.18 bits per heavy atom. The summed E-state index contributed by atoms with van der Waals surface area (Å²) in [5, 5.41) is 33.5. The molecule has 9 heteroatoms. The molecule has 2 heterocycles. The number of hydrogen-bond donors (Lipinski definition) is 2. The summed E-state index contributed by atoms with van der Waals surface area (Å²) >= 11 is 1.47. The number of nitro benzene ring substituents is 1. The van der Waals surface area contributed by atoms with E-state index >= 15 is 0 Å². The molecule has 0 spiro atoms. The van der Waals surface area contributed by atoms with Gasteiger partial charge in [0.15, 0.2) is 10.9 Å². The molecule has 1 fully saturated rings. The van der Waals surface area contributed by atoms with Gasteiger partial charge in [-0.15, -0.1) is 0 Å². The molecule has 0 aliphatic carbocycles. The Morgan fingerprint density at radius 2 is 1.91 bits per heavy atom. The molecular formula is C25H29N3O5S. The second-order valence-electron chi connectivity index (χ2n) is 9.11. The quantitative estimate of drug-likeness (QED) is 0.349. The lowest BCUT2D eigenvalue weighted by atomic mass is 9.80. The number of phenolic OH excluding ortho intramolecular Hbond substituents is 1. The molecule has 8 nitrogen and oxygen atoms in total. The Balaban J connectivity index is 1.67. The number of aromatic hydroxyl groups is 2. The van der Waals surface area contributed by atoms with Crippen LogP contribution in [-0.4, -0.2) is 46.4 Å². The van der Waals surface area contributed by atoms with Crippen LogP contribution in [-0.2, 0) is 16.6 Å². The minimum absolute atomic E-state index is 0.0316. The third-order valence-corrected chi connectivity index (χ3v) is 7.58. The van der Waals surface area contributed by atoms with Gasteiger partial charge in [-0.3, -0.25) is 10.1 Å². The molecule has 1 saturated heterocycles. The number of aromatic nitrogens is 1. The summed E-state index contributed by atoms with van der Waals surface area (Å²) in [4.78, 5) is 18.3. The number of ether oxygens (including phenoxy) is 1. The molecule has 0 unspecified atom stereocenters. The highest BCUT2D eigenvalue weighted by Crippen LogP contribution is 2.42. The maximum Gasteiger partial charge on any atom is 0.311 e. The molecule has 1 aromatic heterocycles. The molecule has 1 aliphatic rings. The monoisotopic (exact) mass is 483 g/mol. The van der Waals surface area contributed by atoms with Crippen LogP contribution in [0.15, 0.2) is 36.4 Å². The van der Waals surface area contributed by atoms with Crippen molar-refractivity contribution >= 4 is 22.2 Å². The van der Waals surface area contributed by atoms with Crippen molar-refractivity contribution in [2.75, 3.05) is 31.2 Å². The maximum absolute atomic E-state index is 11.7. The third-order valence-electron chi connectivity index (χ3n) is 6.47. The molecule has 0 atom stereocenters. The molecule has 2 N–H and O–H groups in total. The fourth-order valence-electron chi connectivity index (χ4n) is 4.01. The zero-order chi connectivity index (χ0) is 24.5. The fraction of sp³-hybridized carbons (Fsp3) is 0.400. The molecule has 0 amide bonds. The van der Waals surface area contributed by atoms with E-state index in [1.165, 1.54) is 17.4 Å². The molecule has 4 rings (SSSR count). The molecule has 0 radical (unpaired) electrons. The van der Waals surface area contributed by atoms with E-state index in [0.29, 0.717) is 30.8 Å². The number of morpholine rings is 1. The molecule has 0 bridgehead atoms. The van der Waals surface area contributed by atoms with Crippen LogP contribution in [0.4, 0.5) is 10.8 Å². The van der Waals surface area contributed by atoms with E-state index in [0.717, 1.165) is 40.6 Å². The summed E-state index contributed by atoms with van der Waals surface area (Å²) in [7, 11) is 0. The van der Waals surface area contributed by atoms with E-state index in [4.69, 9.17) is 4.74 Å². The minimum Gasteiger partial charge on any atom is -0.502 e. The molecule has 180 valence electrons. The minimum atomic E-state index is -0.541. The summed E-state index contributed by atoms with van der Waals surface area (Å²) < 4.78 is 5.39. The largest absolute Gasteiger partial charge is 0.502 e. The van der Waals surface area contributed by atoms with Crippen LogP contribution in [0.2, 0.25) is 0 Å². The van der Waals surface area contributed by atoms with Gasteiger partial charge in [-0.05, 0) is 34.6 Å². The number of hydrogen-bond acceptors (Lipinski definition) is 8. The molecule has 3 aromatic rings. The molecule has 2 aromatic carbocycles. The van der Waals surface area contributed by atoms with Crippen molar-refractivity contribution in [3.63, 3.8) is 0 Å². The standard InChI is InChI=1S/C25H29N3O5S/c1-4-25(2,3)19-14-18(15-20(22(19)29)28(31)32)17-7-5-6-16(12-17)13-21-23(30)26-24(34-21)27-8-10-33-11-9-27/h5-7,12,14-15,29-30H,4,8-11,13H2,1-3H3. The third kappa shape index (κ3) is 4.85. The van der Waals surface area contributed by atoms with E-state index in [-0.39, 0.29) is 17.3 Å². The summed E-state index contributed by atoms with van der Waals surface area (Å²) in [6.07, 6.45) is 1.21. The topological polar surface area (TPSA) is 109 Å². The highest BCUT2D eigenvalue weighted by Gasteiger charge is 2.29. The summed E-state index contributed by atoms with van der Waals surface area (Å²) in [5.41, 5.74) is 2.27. The number of rotatable bonds is 7. The van der Waals surface area contributed by atoms with Crippen molar-refractivity contribution in [3.8, 4) is 22.8 Å². The Labute approximate surface area is 202 Å². The predicted octanol–water partition coefficient (Wildman–Crippen LogP) is 5.24. The van der Waals surface area contributed by atoms with Gasteiger partial charge in [-0.2, -0.15) is 4.98 Å². The van der Waals surface area contributed by atoms with Crippen molar-refractivity contribution < 1.29 is 19.9 Å². The van der Waals surface area contributed by atoms with Crippen molar-refractivity contribution in [1.82, 2.24) is 4.98 Å². The molecule has 1 aliphatic heterocycles. The first-order valence-electron chi connectivity index (χ1n) is 11.3. The first-order valence-corrected chi connectivity index (χ1v) is 12.1. The van der Waals surface area contributed by atoms with Crippen LogP contribution in [0.25, 0.3) is 11.1 Å². The second kappa shape index (κ2) is 9.60. The summed E-state index contributed by atoms with van der Waals surface area (Å²) in [6, 6.07) is 11.0. The van der Waals surface area contributed by atoms with E-state index in [1.807, 2.05) is 51.1 Å². The van der Waals surface area contributed by atoms with Gasteiger partial charge in [0.2, 0.25) is 5.88 Å². The lowest BCUT2D eigenvalue weighted by molar-refractivity contribution is -0.385. The van der Waals surface area contributed by atoms with Crippen molar-refractivity contribution in [2.24, 2.45) is 0 Å². The van der Waals surface area contributed by atoms with Gasteiger partial charge in [0.1, 0.15) is 0 Å². The SMILES string of the molecule is CCC(C)(C)c1cc(-c2cccc(Cc3sc(N4CCOCC4)nc3O)c2)cc([N+](=O)[O-])c1O. The Morgan fingerprint density at radius 3 is 2.59 bits per heavy atom. The number of nitro groups is 1. The zero-order valence-corrected chi connectivity index (χ0v) is 20.4. The molecule has 34 heavy (non-hydrogen) atoms. The zero-order valence-electron chi connectivity index (χ0n) is 19.6. The highest BCUT2D eigenvalue weighted by molar-refractivity contribution is 7.15. The van der Waals surface area contributed by atoms with Crippen molar-refractivity contribution in [2.45, 2.75) is 39.0 Å². The van der Waals surface area contributed by atoms with Gasteiger partial charge < -0.3 is 19.8 Å². The molecule has 0 saturated carbocycles. The lowest BCUT2D eigenvalue weighted by Crippen LogP contribution is -2.36. The van der Waals surface area contributed by atoms with Crippen LogP contribution in [0.5, 0.6) is 11.6 Å². The predicted molar refractivity (Wildman–Crippen MR) is 133 cm³/mol. The summed E-state index contributed by atoms with van der Waals surface area (Å²) in [6.45, 7) is 8.71. The van der Waals surface area contributed by atoms with Crippen LogP contribution in [0.3, 0.4) is 0 Å². The van der Waals surface area contributed by atoms with Gasteiger partial charge in [0.05, 0.1) is 23.0 Å². The molecular weight excluding hydrogens is 454 g/mol. The van der Waals surface area contributed by atoms with Crippen LogP contribution in [0, 0.1) is 10.1 Å². The first kappa shape index (κ1) is 24.0. The Kier molecular flexibility index (Phi) is 6.77. The Hall–Kier alpha value is -3.17. The van der Waals surface area contributed by atoms with E-state index in [2.05, 4.69) is 9.88 Å². The van der Waals surface area contributed by atoms with Crippen molar-refractivity contribution in [1.29, 1.82) is 0 Å². The van der Waals surface area contributed by atoms with E-state index in [1.54, 1.807) is 0 Å². The number of phenols is 1. The van der Waals surface area contributed by atoms with Gasteiger partial charge in [-0.25, -0.2) is 0 Å². The second-order valence-corrected chi connectivity index (χ2v) is 10.2. The number of thiazole rings is 1. The average Bonchev–Trinajstić information content (AvgIpc) is 3.19. The Bertz CT molecular complexity index is 1200. The van der Waals surface area contributed by atoms with Crippen LogP contribution in [0.1, 0.15) is 43.2 Å². The smallest absolute Gasteiger partial charge is 0.311 e. The fourth-order valence-corrected chi connectivity index (χ4v) is 5.05. The normalized spacial score (nSPS) is 14.4. The van der Waals surface area contributed by atoms with Gasteiger partial charge >= 0.3 is 5.69 Å². The van der Waals surface area contributed by atoms with Gasteiger partial charge in [0, 0.05) is 31.1 Å². The lowest BCUT2D eigenvalue weighted by Gasteiger charge is -2.25. The average molecular weight is 484 g/mol.